The van der Waals surface area contributed by atoms with Gasteiger partial charge in [0, 0.05) is 36.2 Å². The van der Waals surface area contributed by atoms with Crippen LogP contribution in [0.2, 0.25) is 0 Å². The van der Waals surface area contributed by atoms with Gasteiger partial charge in [-0.15, -0.1) is 5.10 Å². The first kappa shape index (κ1) is 23.0. The van der Waals surface area contributed by atoms with Crippen LogP contribution >= 0.6 is 0 Å². The molecule has 4 aromatic rings. The molecule has 1 saturated heterocycles. The number of halogens is 1. The second kappa shape index (κ2) is 8.29. The summed E-state index contributed by atoms with van der Waals surface area (Å²) in [5, 5.41) is 20.5. The van der Waals surface area contributed by atoms with E-state index in [1.54, 1.807) is 0 Å². The molecular weight excluding hydrogens is 463 g/mol. The number of fused-ring (bicyclic) bond motifs is 3. The molecule has 0 amide bonds. The van der Waals surface area contributed by atoms with Crippen LogP contribution in [0, 0.1) is 12.7 Å². The van der Waals surface area contributed by atoms with Crippen molar-refractivity contribution >= 4 is 28.2 Å². The number of aryl methyl sites for hydroxylation is 1. The van der Waals surface area contributed by atoms with Gasteiger partial charge in [0.2, 0.25) is 5.95 Å². The summed E-state index contributed by atoms with van der Waals surface area (Å²) in [6.07, 6.45) is 6.66. The van der Waals surface area contributed by atoms with Crippen LogP contribution in [0.4, 0.5) is 16.0 Å². The van der Waals surface area contributed by atoms with Crippen LogP contribution in [0.3, 0.4) is 0 Å². The highest BCUT2D eigenvalue weighted by Gasteiger charge is 2.36. The Bertz CT molecular complexity index is 1460. The standard InChI is InChI=1S/C25H31FN8O2/c1-14-5-6-16(11-33(14)20-12-32(30-15(20)2)13-25(35)7-4-8-25)22-29-23-17-9-18(26)21(36-3)10-19(17)28-24(27)34(23)31-22/h9-10,12,14,16,35H,4-8,11,13H2,1-3H3,(H2,27,28). The van der Waals surface area contributed by atoms with Crippen LogP contribution in [0.15, 0.2) is 18.3 Å². The van der Waals surface area contributed by atoms with Crippen molar-refractivity contribution in [2.75, 3.05) is 24.3 Å². The number of aromatic nitrogens is 6. The molecule has 4 heterocycles. The molecule has 0 radical (unpaired) electrons. The largest absolute Gasteiger partial charge is 0.494 e. The number of nitrogen functional groups attached to an aromatic ring is 1. The summed E-state index contributed by atoms with van der Waals surface area (Å²) in [6.45, 7) is 5.48. The summed E-state index contributed by atoms with van der Waals surface area (Å²) < 4.78 is 23.0. The molecule has 1 aliphatic carbocycles. The minimum absolute atomic E-state index is 0.0669. The molecule has 2 aliphatic rings. The van der Waals surface area contributed by atoms with E-state index >= 15 is 0 Å². The van der Waals surface area contributed by atoms with Crippen LogP contribution < -0.4 is 15.4 Å². The zero-order valence-corrected chi connectivity index (χ0v) is 20.8. The number of rotatable bonds is 5. The molecule has 11 heteroatoms. The van der Waals surface area contributed by atoms with E-state index in [0.29, 0.717) is 35.0 Å². The summed E-state index contributed by atoms with van der Waals surface area (Å²) in [7, 11) is 1.41. The molecule has 10 nitrogen and oxygen atoms in total. The molecule has 1 saturated carbocycles. The molecule has 3 aromatic heterocycles. The van der Waals surface area contributed by atoms with Gasteiger partial charge >= 0.3 is 0 Å². The molecule has 1 aromatic carbocycles. The van der Waals surface area contributed by atoms with Gasteiger partial charge in [-0.3, -0.25) is 4.68 Å². The molecule has 36 heavy (non-hydrogen) atoms. The Hall–Kier alpha value is -3.47. The Morgan fingerprint density at radius 2 is 2.03 bits per heavy atom. The number of hydrogen-bond donors (Lipinski definition) is 2. The molecule has 3 N–H and O–H groups in total. The SMILES string of the molecule is COc1cc2nc(N)n3nc(C4CCC(C)N(c5cn(CC6(O)CCC6)nc5C)C4)nc3c2cc1F. The van der Waals surface area contributed by atoms with Crippen molar-refractivity contribution in [1.29, 1.82) is 0 Å². The lowest BCUT2D eigenvalue weighted by atomic mass is 9.80. The van der Waals surface area contributed by atoms with E-state index < -0.39 is 11.4 Å². The maximum Gasteiger partial charge on any atom is 0.223 e. The van der Waals surface area contributed by atoms with Gasteiger partial charge < -0.3 is 20.5 Å². The average molecular weight is 495 g/mol. The number of anilines is 2. The fraction of sp³-hybridized carbons (Fsp3) is 0.520. The molecule has 2 unspecified atom stereocenters. The molecule has 2 fully saturated rings. The van der Waals surface area contributed by atoms with Gasteiger partial charge in [0.25, 0.3) is 0 Å². The van der Waals surface area contributed by atoms with E-state index in [1.807, 2.05) is 17.8 Å². The number of nitrogens with zero attached hydrogens (tertiary/aromatic N) is 7. The number of nitrogens with two attached hydrogens (primary N) is 1. The fourth-order valence-electron chi connectivity index (χ4n) is 5.54. The molecule has 190 valence electrons. The molecule has 0 spiro atoms. The Morgan fingerprint density at radius 1 is 1.22 bits per heavy atom. The van der Waals surface area contributed by atoms with Crippen LogP contribution in [0.5, 0.6) is 5.75 Å². The molecule has 6 rings (SSSR count). The predicted molar refractivity (Wildman–Crippen MR) is 134 cm³/mol. The van der Waals surface area contributed by atoms with Crippen molar-refractivity contribution in [3.63, 3.8) is 0 Å². The Balaban J connectivity index is 1.32. The minimum Gasteiger partial charge on any atom is -0.494 e. The van der Waals surface area contributed by atoms with Crippen LogP contribution in [0.1, 0.15) is 56.5 Å². The number of benzene rings is 1. The summed E-state index contributed by atoms with van der Waals surface area (Å²) in [5.74, 6) is 0.544. The number of piperidine rings is 1. The summed E-state index contributed by atoms with van der Waals surface area (Å²) in [6, 6.07) is 3.23. The monoisotopic (exact) mass is 494 g/mol. The fourth-order valence-corrected chi connectivity index (χ4v) is 5.54. The average Bonchev–Trinajstić information content (AvgIpc) is 3.43. The van der Waals surface area contributed by atoms with Gasteiger partial charge in [0.15, 0.2) is 23.0 Å². The number of methoxy groups -OCH3 is 1. The van der Waals surface area contributed by atoms with E-state index in [0.717, 1.165) is 50.0 Å². The van der Waals surface area contributed by atoms with Crippen molar-refractivity contribution in [1.82, 2.24) is 29.4 Å². The lowest BCUT2D eigenvalue weighted by Crippen LogP contribution is -2.42. The van der Waals surface area contributed by atoms with Crippen LogP contribution in [0.25, 0.3) is 16.6 Å². The Labute approximate surface area is 207 Å². The Morgan fingerprint density at radius 3 is 2.75 bits per heavy atom. The Kier molecular flexibility index (Phi) is 5.29. The highest BCUT2D eigenvalue weighted by Crippen LogP contribution is 2.36. The minimum atomic E-state index is -0.632. The second-order valence-electron chi connectivity index (χ2n) is 10.3. The van der Waals surface area contributed by atoms with Crippen molar-refractivity contribution in [2.24, 2.45) is 0 Å². The van der Waals surface area contributed by atoms with Gasteiger partial charge in [0.1, 0.15) is 0 Å². The van der Waals surface area contributed by atoms with Crippen molar-refractivity contribution in [2.45, 2.75) is 70.1 Å². The van der Waals surface area contributed by atoms with Gasteiger partial charge in [-0.25, -0.2) is 14.4 Å². The van der Waals surface area contributed by atoms with E-state index in [-0.39, 0.29) is 17.6 Å². The highest BCUT2D eigenvalue weighted by molar-refractivity contribution is 5.93. The second-order valence-corrected chi connectivity index (χ2v) is 10.3. The number of ether oxygens (including phenoxy) is 1. The van der Waals surface area contributed by atoms with Crippen molar-refractivity contribution in [3.05, 3.63) is 35.7 Å². The predicted octanol–water partition coefficient (Wildman–Crippen LogP) is 3.20. The van der Waals surface area contributed by atoms with Gasteiger partial charge in [-0.05, 0) is 52.0 Å². The smallest absolute Gasteiger partial charge is 0.223 e. The first-order chi connectivity index (χ1) is 17.2. The van der Waals surface area contributed by atoms with E-state index in [2.05, 4.69) is 16.8 Å². The summed E-state index contributed by atoms with van der Waals surface area (Å²) in [5.41, 5.74) is 8.57. The van der Waals surface area contributed by atoms with E-state index in [1.165, 1.54) is 23.8 Å². The van der Waals surface area contributed by atoms with E-state index in [4.69, 9.17) is 25.7 Å². The quantitative estimate of drug-likeness (QED) is 0.434. The topological polar surface area (TPSA) is 120 Å². The molecular formula is C25H31FN8O2. The zero-order valence-electron chi connectivity index (χ0n) is 20.8. The normalized spacial score (nSPS) is 21.8. The van der Waals surface area contributed by atoms with Gasteiger partial charge in [0.05, 0.1) is 36.2 Å². The first-order valence-electron chi connectivity index (χ1n) is 12.5. The highest BCUT2D eigenvalue weighted by atomic mass is 19.1. The lowest BCUT2D eigenvalue weighted by molar-refractivity contribution is -0.0498. The maximum absolute atomic E-state index is 14.5. The number of aliphatic hydroxyl groups is 1. The maximum atomic E-state index is 14.5. The van der Waals surface area contributed by atoms with Crippen LogP contribution in [-0.4, -0.2) is 59.8 Å². The third kappa shape index (κ3) is 3.73. The zero-order chi connectivity index (χ0) is 25.2. The van der Waals surface area contributed by atoms with Gasteiger partial charge in [-0.2, -0.15) is 9.61 Å². The summed E-state index contributed by atoms with van der Waals surface area (Å²) in [4.78, 5) is 11.6. The lowest BCUT2D eigenvalue weighted by Gasteiger charge is -2.38. The summed E-state index contributed by atoms with van der Waals surface area (Å²) >= 11 is 0. The third-order valence-electron chi connectivity index (χ3n) is 7.80. The first-order valence-corrected chi connectivity index (χ1v) is 12.5. The van der Waals surface area contributed by atoms with E-state index in [9.17, 15) is 9.50 Å². The number of hydrogen-bond acceptors (Lipinski definition) is 8. The van der Waals surface area contributed by atoms with Crippen molar-refractivity contribution in [3.8, 4) is 5.75 Å². The molecule has 2 atom stereocenters. The third-order valence-corrected chi connectivity index (χ3v) is 7.80. The molecule has 0 bridgehead atoms. The molecule has 1 aliphatic heterocycles. The van der Waals surface area contributed by atoms with Gasteiger partial charge in [-0.1, -0.05) is 0 Å². The van der Waals surface area contributed by atoms with Crippen LogP contribution in [-0.2, 0) is 6.54 Å². The van der Waals surface area contributed by atoms with Crippen molar-refractivity contribution < 1.29 is 14.2 Å².